The molecule has 98 valence electrons. The quantitative estimate of drug-likeness (QED) is 0.892. The van der Waals surface area contributed by atoms with Crippen LogP contribution in [0.15, 0.2) is 24.3 Å². The van der Waals surface area contributed by atoms with E-state index in [0.29, 0.717) is 18.8 Å². The summed E-state index contributed by atoms with van der Waals surface area (Å²) in [6.07, 6.45) is 3.45. The van der Waals surface area contributed by atoms with Crippen LogP contribution in [0.1, 0.15) is 31.7 Å². The van der Waals surface area contributed by atoms with Crippen LogP contribution < -0.4 is 0 Å². The Morgan fingerprint density at radius 2 is 2.22 bits per heavy atom. The average molecular weight is 247 g/mol. The molecule has 3 nitrogen and oxygen atoms in total. The van der Waals surface area contributed by atoms with Crippen LogP contribution in [0.25, 0.3) is 0 Å². The fraction of sp³-hybridized carbons (Fsp3) is 0.533. The first-order valence-corrected chi connectivity index (χ1v) is 6.71. The summed E-state index contributed by atoms with van der Waals surface area (Å²) < 4.78 is 0. The first-order chi connectivity index (χ1) is 8.66. The van der Waals surface area contributed by atoms with Crippen molar-refractivity contribution in [3.05, 3.63) is 29.8 Å². The molecule has 0 aliphatic carbocycles. The number of carbonyl (C=O) groups excluding carboxylic acids is 1. The van der Waals surface area contributed by atoms with Crippen LogP contribution in [-0.4, -0.2) is 29.0 Å². The Morgan fingerprint density at radius 3 is 2.94 bits per heavy atom. The lowest BCUT2D eigenvalue weighted by Crippen LogP contribution is -2.39. The number of piperidine rings is 1. The maximum atomic E-state index is 12.1. The molecule has 3 heteroatoms. The van der Waals surface area contributed by atoms with Crippen molar-refractivity contribution >= 4 is 5.91 Å². The Morgan fingerprint density at radius 1 is 1.44 bits per heavy atom. The van der Waals surface area contributed by atoms with Gasteiger partial charge in [-0.3, -0.25) is 4.79 Å². The number of nitrogens with zero attached hydrogens (tertiary/aromatic N) is 1. The van der Waals surface area contributed by atoms with Crippen molar-refractivity contribution in [1.29, 1.82) is 0 Å². The van der Waals surface area contributed by atoms with E-state index in [1.807, 2.05) is 17.0 Å². The van der Waals surface area contributed by atoms with Gasteiger partial charge in [0.25, 0.3) is 0 Å². The molecule has 2 rings (SSSR count). The molecule has 1 aliphatic rings. The predicted molar refractivity (Wildman–Crippen MR) is 71.4 cm³/mol. The number of likely N-dealkylation sites (tertiary alicyclic amines) is 1. The van der Waals surface area contributed by atoms with Crippen LogP contribution in [0.3, 0.4) is 0 Å². The minimum Gasteiger partial charge on any atom is -0.508 e. The third kappa shape index (κ3) is 3.25. The smallest absolute Gasteiger partial charge is 0.222 e. The highest BCUT2D eigenvalue weighted by Crippen LogP contribution is 2.20. The summed E-state index contributed by atoms with van der Waals surface area (Å²) in [4.78, 5) is 14.0. The molecule has 1 aromatic carbocycles. The van der Waals surface area contributed by atoms with Gasteiger partial charge >= 0.3 is 0 Å². The molecule has 0 spiro atoms. The van der Waals surface area contributed by atoms with Crippen LogP contribution in [0, 0.1) is 5.92 Å². The zero-order chi connectivity index (χ0) is 13.0. The number of aromatic hydroxyl groups is 1. The van der Waals surface area contributed by atoms with Gasteiger partial charge in [0.2, 0.25) is 5.91 Å². The van der Waals surface area contributed by atoms with Gasteiger partial charge in [0, 0.05) is 19.5 Å². The molecule has 1 aromatic rings. The van der Waals surface area contributed by atoms with Gasteiger partial charge in [0.1, 0.15) is 5.75 Å². The standard InChI is InChI=1S/C15H21NO2/c1-12-5-4-10-16(11-12)15(18)9-8-13-6-2-3-7-14(13)17/h2-3,6-7,12,17H,4-5,8-11H2,1H3. The monoisotopic (exact) mass is 247 g/mol. The Bertz CT molecular complexity index is 417. The van der Waals surface area contributed by atoms with Gasteiger partial charge in [-0.2, -0.15) is 0 Å². The molecule has 0 radical (unpaired) electrons. The van der Waals surface area contributed by atoms with Crippen molar-refractivity contribution in [1.82, 2.24) is 4.90 Å². The number of para-hydroxylation sites is 1. The van der Waals surface area contributed by atoms with Gasteiger partial charge in [0.05, 0.1) is 0 Å². The van der Waals surface area contributed by atoms with E-state index in [2.05, 4.69) is 6.92 Å². The van der Waals surface area contributed by atoms with Gasteiger partial charge < -0.3 is 10.0 Å². The fourth-order valence-electron chi connectivity index (χ4n) is 2.54. The topological polar surface area (TPSA) is 40.5 Å². The molecule has 1 heterocycles. The SMILES string of the molecule is CC1CCCN(C(=O)CCc2ccccc2O)C1. The van der Waals surface area contributed by atoms with E-state index in [4.69, 9.17) is 0 Å². The first-order valence-electron chi connectivity index (χ1n) is 6.71. The highest BCUT2D eigenvalue weighted by Gasteiger charge is 2.20. The van der Waals surface area contributed by atoms with Crippen molar-refractivity contribution in [2.24, 2.45) is 5.92 Å². The molecular weight excluding hydrogens is 226 g/mol. The minimum atomic E-state index is 0.213. The number of phenols is 1. The van der Waals surface area contributed by atoms with E-state index in [9.17, 15) is 9.90 Å². The molecule has 1 N–H and O–H groups in total. The Hall–Kier alpha value is -1.51. The lowest BCUT2D eigenvalue weighted by Gasteiger charge is -2.31. The number of carbonyl (C=O) groups is 1. The average Bonchev–Trinajstić information content (AvgIpc) is 2.37. The maximum Gasteiger partial charge on any atom is 0.222 e. The minimum absolute atomic E-state index is 0.213. The molecule has 1 atom stereocenters. The van der Waals surface area contributed by atoms with Crippen molar-refractivity contribution in [2.75, 3.05) is 13.1 Å². The van der Waals surface area contributed by atoms with Crippen LogP contribution in [-0.2, 0) is 11.2 Å². The normalized spacial score (nSPS) is 19.8. The lowest BCUT2D eigenvalue weighted by atomic mass is 9.99. The molecule has 1 aliphatic heterocycles. The van der Waals surface area contributed by atoms with E-state index < -0.39 is 0 Å². The summed E-state index contributed by atoms with van der Waals surface area (Å²) in [5, 5.41) is 9.65. The molecule has 0 bridgehead atoms. The molecule has 1 fully saturated rings. The predicted octanol–water partition coefficient (Wildman–Crippen LogP) is 2.58. The number of phenolic OH excluding ortho intramolecular Hbond substituents is 1. The number of hydrogen-bond donors (Lipinski definition) is 1. The van der Waals surface area contributed by atoms with E-state index in [0.717, 1.165) is 25.1 Å². The molecule has 1 unspecified atom stereocenters. The number of aryl methyl sites for hydroxylation is 1. The summed E-state index contributed by atoms with van der Waals surface area (Å²) in [7, 11) is 0. The summed E-state index contributed by atoms with van der Waals surface area (Å²) >= 11 is 0. The Labute approximate surface area is 108 Å². The van der Waals surface area contributed by atoms with Gasteiger partial charge in [0.15, 0.2) is 0 Å². The van der Waals surface area contributed by atoms with Crippen molar-refractivity contribution in [3.8, 4) is 5.75 Å². The second-order valence-corrected chi connectivity index (χ2v) is 5.22. The van der Waals surface area contributed by atoms with E-state index >= 15 is 0 Å². The number of amides is 1. The van der Waals surface area contributed by atoms with Crippen LogP contribution >= 0.6 is 0 Å². The Kier molecular flexibility index (Phi) is 4.24. The van der Waals surface area contributed by atoms with Gasteiger partial charge in [-0.25, -0.2) is 0 Å². The molecular formula is C15H21NO2. The van der Waals surface area contributed by atoms with Crippen molar-refractivity contribution in [2.45, 2.75) is 32.6 Å². The highest BCUT2D eigenvalue weighted by atomic mass is 16.3. The third-order valence-electron chi connectivity index (χ3n) is 3.61. The summed E-state index contributed by atoms with van der Waals surface area (Å²) in [5.74, 6) is 1.12. The highest BCUT2D eigenvalue weighted by molar-refractivity contribution is 5.76. The number of rotatable bonds is 3. The molecule has 1 amide bonds. The second kappa shape index (κ2) is 5.89. The van der Waals surface area contributed by atoms with Gasteiger partial charge in [-0.1, -0.05) is 25.1 Å². The number of hydrogen-bond acceptors (Lipinski definition) is 2. The van der Waals surface area contributed by atoms with Gasteiger partial charge in [-0.15, -0.1) is 0 Å². The Balaban J connectivity index is 1.86. The van der Waals surface area contributed by atoms with E-state index in [1.54, 1.807) is 12.1 Å². The van der Waals surface area contributed by atoms with Crippen LogP contribution in [0.5, 0.6) is 5.75 Å². The fourth-order valence-corrected chi connectivity index (χ4v) is 2.54. The van der Waals surface area contributed by atoms with Crippen molar-refractivity contribution < 1.29 is 9.90 Å². The van der Waals surface area contributed by atoms with Crippen molar-refractivity contribution in [3.63, 3.8) is 0 Å². The van der Waals surface area contributed by atoms with Crippen LogP contribution in [0.4, 0.5) is 0 Å². The summed E-state index contributed by atoms with van der Waals surface area (Å²) in [6.45, 7) is 3.98. The van der Waals surface area contributed by atoms with Crippen LogP contribution in [0.2, 0.25) is 0 Å². The third-order valence-corrected chi connectivity index (χ3v) is 3.61. The summed E-state index contributed by atoms with van der Waals surface area (Å²) in [6, 6.07) is 7.24. The maximum absolute atomic E-state index is 12.1. The first kappa shape index (κ1) is 12.9. The lowest BCUT2D eigenvalue weighted by molar-refractivity contribution is -0.132. The molecule has 0 saturated carbocycles. The second-order valence-electron chi connectivity index (χ2n) is 5.22. The molecule has 1 saturated heterocycles. The van der Waals surface area contributed by atoms with E-state index in [-0.39, 0.29) is 11.7 Å². The van der Waals surface area contributed by atoms with E-state index in [1.165, 1.54) is 6.42 Å². The zero-order valence-electron chi connectivity index (χ0n) is 10.9. The van der Waals surface area contributed by atoms with Gasteiger partial charge in [-0.05, 0) is 36.8 Å². The largest absolute Gasteiger partial charge is 0.508 e. The number of benzene rings is 1. The molecule has 18 heavy (non-hydrogen) atoms. The summed E-state index contributed by atoms with van der Waals surface area (Å²) in [5.41, 5.74) is 0.857. The molecule has 0 aromatic heterocycles. The zero-order valence-corrected chi connectivity index (χ0v) is 10.9.